The number of Topliss-reactive ketones (excluding diaryl/α,β-unsaturated/α-hetero) is 1. The van der Waals surface area contributed by atoms with E-state index in [9.17, 15) is 9.59 Å². The van der Waals surface area contributed by atoms with Crippen molar-refractivity contribution in [3.05, 3.63) is 34.2 Å². The van der Waals surface area contributed by atoms with E-state index in [1.807, 2.05) is 6.07 Å². The molecule has 0 spiro atoms. The van der Waals surface area contributed by atoms with Crippen molar-refractivity contribution < 1.29 is 4.79 Å². The molecule has 94 valence electrons. The summed E-state index contributed by atoms with van der Waals surface area (Å²) < 4.78 is 0. The van der Waals surface area contributed by atoms with Gasteiger partial charge in [0.05, 0.1) is 11.0 Å². The van der Waals surface area contributed by atoms with E-state index in [0.29, 0.717) is 11.1 Å². The molecule has 1 heterocycles. The molecule has 3 rings (SSSR count). The van der Waals surface area contributed by atoms with Gasteiger partial charge in [-0.3, -0.25) is 4.79 Å². The highest BCUT2D eigenvalue weighted by Crippen LogP contribution is 2.27. The predicted molar refractivity (Wildman–Crippen MR) is 69.8 cm³/mol. The van der Waals surface area contributed by atoms with Crippen LogP contribution in [0.3, 0.4) is 0 Å². The number of carbonyl (C=O) groups excluding carboxylic acids is 1. The van der Waals surface area contributed by atoms with Crippen molar-refractivity contribution in [3.8, 4) is 0 Å². The van der Waals surface area contributed by atoms with Gasteiger partial charge in [0.1, 0.15) is 0 Å². The van der Waals surface area contributed by atoms with Crippen molar-refractivity contribution in [2.75, 3.05) is 0 Å². The van der Waals surface area contributed by atoms with Crippen LogP contribution in [0.25, 0.3) is 11.0 Å². The Bertz CT molecular complexity index is 633. The molecule has 0 atom stereocenters. The molecule has 1 saturated carbocycles. The summed E-state index contributed by atoms with van der Waals surface area (Å²) >= 11 is 0. The second-order valence-electron chi connectivity index (χ2n) is 5.04. The van der Waals surface area contributed by atoms with E-state index in [2.05, 4.69) is 9.97 Å². The van der Waals surface area contributed by atoms with Crippen molar-refractivity contribution in [1.29, 1.82) is 0 Å². The van der Waals surface area contributed by atoms with Crippen LogP contribution < -0.4 is 5.69 Å². The number of hydrogen-bond donors (Lipinski definition) is 2. The third-order valence-electron chi connectivity index (χ3n) is 3.78. The lowest BCUT2D eigenvalue weighted by molar-refractivity contribution is 0.0889. The van der Waals surface area contributed by atoms with Gasteiger partial charge >= 0.3 is 5.69 Å². The summed E-state index contributed by atoms with van der Waals surface area (Å²) in [7, 11) is 0. The first-order valence-electron chi connectivity index (χ1n) is 6.50. The minimum Gasteiger partial charge on any atom is -0.306 e. The molecule has 0 radical (unpaired) electrons. The molecule has 18 heavy (non-hydrogen) atoms. The maximum absolute atomic E-state index is 12.3. The molecule has 2 aromatic rings. The van der Waals surface area contributed by atoms with E-state index >= 15 is 0 Å². The van der Waals surface area contributed by atoms with Gasteiger partial charge in [-0.25, -0.2) is 4.79 Å². The predicted octanol–water partition coefficient (Wildman–Crippen LogP) is 2.62. The zero-order chi connectivity index (χ0) is 12.5. The lowest BCUT2D eigenvalue weighted by atomic mass is 9.84. The smallest absolute Gasteiger partial charge is 0.306 e. The van der Waals surface area contributed by atoms with E-state index in [-0.39, 0.29) is 17.4 Å². The van der Waals surface area contributed by atoms with Crippen LogP contribution in [0, 0.1) is 5.92 Å². The van der Waals surface area contributed by atoms with Gasteiger partial charge in [-0.1, -0.05) is 19.3 Å². The topological polar surface area (TPSA) is 65.7 Å². The molecule has 0 bridgehead atoms. The normalized spacial score (nSPS) is 17.1. The Morgan fingerprint density at radius 1 is 1.06 bits per heavy atom. The molecule has 1 fully saturated rings. The Hall–Kier alpha value is -1.84. The van der Waals surface area contributed by atoms with Crippen LogP contribution in [-0.4, -0.2) is 15.8 Å². The summed E-state index contributed by atoms with van der Waals surface area (Å²) in [6.45, 7) is 0. The van der Waals surface area contributed by atoms with Gasteiger partial charge in [-0.2, -0.15) is 0 Å². The fourth-order valence-electron chi connectivity index (χ4n) is 2.79. The Morgan fingerprint density at radius 2 is 1.78 bits per heavy atom. The first kappa shape index (κ1) is 11.3. The SMILES string of the molecule is O=C(c1ccc2[nH]c(=O)[nH]c2c1)C1CCCCC1. The van der Waals surface area contributed by atoms with Crippen molar-refractivity contribution in [2.24, 2.45) is 5.92 Å². The number of rotatable bonds is 2. The summed E-state index contributed by atoms with van der Waals surface area (Å²) in [5, 5.41) is 0. The largest absolute Gasteiger partial charge is 0.323 e. The third kappa shape index (κ3) is 1.98. The lowest BCUT2D eigenvalue weighted by Gasteiger charge is -2.20. The first-order chi connectivity index (χ1) is 8.74. The average Bonchev–Trinajstić information content (AvgIpc) is 2.78. The van der Waals surface area contributed by atoms with E-state index < -0.39 is 0 Å². The number of hydrogen-bond acceptors (Lipinski definition) is 2. The van der Waals surface area contributed by atoms with Gasteiger partial charge in [-0.15, -0.1) is 0 Å². The fourth-order valence-corrected chi connectivity index (χ4v) is 2.79. The Labute approximate surface area is 104 Å². The molecule has 0 saturated heterocycles. The van der Waals surface area contributed by atoms with Crippen molar-refractivity contribution in [2.45, 2.75) is 32.1 Å². The quantitative estimate of drug-likeness (QED) is 0.797. The van der Waals surface area contributed by atoms with E-state index in [1.54, 1.807) is 12.1 Å². The average molecular weight is 244 g/mol. The highest BCUT2D eigenvalue weighted by Gasteiger charge is 2.22. The molecule has 4 heteroatoms. The second-order valence-corrected chi connectivity index (χ2v) is 5.04. The van der Waals surface area contributed by atoms with Crippen LogP contribution in [-0.2, 0) is 0 Å². The summed E-state index contributed by atoms with van der Waals surface area (Å²) in [6, 6.07) is 5.39. The summed E-state index contributed by atoms with van der Waals surface area (Å²) in [4.78, 5) is 28.9. The number of carbonyl (C=O) groups is 1. The maximum atomic E-state index is 12.3. The maximum Gasteiger partial charge on any atom is 0.323 e. The highest BCUT2D eigenvalue weighted by molar-refractivity contribution is 6.00. The van der Waals surface area contributed by atoms with Crippen molar-refractivity contribution >= 4 is 16.8 Å². The molecule has 4 nitrogen and oxygen atoms in total. The van der Waals surface area contributed by atoms with E-state index in [4.69, 9.17) is 0 Å². The number of aromatic amines is 2. The summed E-state index contributed by atoms with van der Waals surface area (Å²) in [5.41, 5.74) is 1.94. The number of aromatic nitrogens is 2. The van der Waals surface area contributed by atoms with Crippen LogP contribution >= 0.6 is 0 Å². The number of H-pyrrole nitrogens is 2. The Morgan fingerprint density at radius 3 is 2.56 bits per heavy atom. The minimum atomic E-state index is -0.229. The summed E-state index contributed by atoms with van der Waals surface area (Å²) in [5.74, 6) is 0.389. The molecule has 0 amide bonds. The molecule has 0 aliphatic heterocycles. The monoisotopic (exact) mass is 244 g/mol. The van der Waals surface area contributed by atoms with E-state index in [1.165, 1.54) is 6.42 Å². The van der Waals surface area contributed by atoms with Crippen LogP contribution in [0.4, 0.5) is 0 Å². The number of fused-ring (bicyclic) bond motifs is 1. The van der Waals surface area contributed by atoms with Gasteiger partial charge in [0, 0.05) is 11.5 Å². The van der Waals surface area contributed by atoms with Gasteiger partial charge in [0.15, 0.2) is 5.78 Å². The molecule has 0 unspecified atom stereocenters. The first-order valence-corrected chi connectivity index (χ1v) is 6.50. The van der Waals surface area contributed by atoms with Gasteiger partial charge < -0.3 is 9.97 Å². The molecular weight excluding hydrogens is 228 g/mol. The fraction of sp³-hybridized carbons (Fsp3) is 0.429. The van der Waals surface area contributed by atoms with Crippen LogP contribution in [0.15, 0.2) is 23.0 Å². The number of benzene rings is 1. The summed E-state index contributed by atoms with van der Waals surface area (Å²) in [6.07, 6.45) is 5.55. The van der Waals surface area contributed by atoms with Gasteiger partial charge in [0.25, 0.3) is 0 Å². The lowest BCUT2D eigenvalue weighted by Crippen LogP contribution is -2.17. The zero-order valence-electron chi connectivity index (χ0n) is 10.2. The Kier molecular flexibility index (Phi) is 2.78. The molecule has 2 N–H and O–H groups in total. The second kappa shape index (κ2) is 4.44. The molecule has 1 aromatic heterocycles. The van der Waals surface area contributed by atoms with Crippen LogP contribution in [0.2, 0.25) is 0 Å². The third-order valence-corrected chi connectivity index (χ3v) is 3.78. The molecular formula is C14H16N2O2. The van der Waals surface area contributed by atoms with Crippen LogP contribution in [0.5, 0.6) is 0 Å². The molecule has 1 aliphatic rings. The van der Waals surface area contributed by atoms with Crippen molar-refractivity contribution in [1.82, 2.24) is 9.97 Å². The Balaban J connectivity index is 1.92. The van der Waals surface area contributed by atoms with Crippen molar-refractivity contribution in [3.63, 3.8) is 0 Å². The number of imidazole rings is 1. The molecule has 1 aliphatic carbocycles. The van der Waals surface area contributed by atoms with E-state index in [0.717, 1.165) is 31.2 Å². The zero-order valence-corrected chi connectivity index (χ0v) is 10.2. The minimum absolute atomic E-state index is 0.168. The van der Waals surface area contributed by atoms with Gasteiger partial charge in [0.2, 0.25) is 0 Å². The highest BCUT2D eigenvalue weighted by atomic mass is 16.1. The number of ketones is 1. The molecule has 1 aromatic carbocycles. The standard InChI is InChI=1S/C14H16N2O2/c17-13(9-4-2-1-3-5-9)10-6-7-11-12(8-10)16-14(18)15-11/h6-9H,1-5H2,(H2,15,16,18). The number of nitrogens with one attached hydrogen (secondary N) is 2. The van der Waals surface area contributed by atoms with Gasteiger partial charge in [-0.05, 0) is 31.0 Å². The van der Waals surface area contributed by atoms with Crippen LogP contribution in [0.1, 0.15) is 42.5 Å².